The number of ether oxygens (including phenoxy) is 1. The molecule has 40 heavy (non-hydrogen) atoms. The third-order valence-electron chi connectivity index (χ3n) is 7.06. The number of aromatic nitrogens is 4. The molecule has 206 valence electrons. The maximum Gasteiger partial charge on any atom is 0.263 e. The molecule has 1 aliphatic heterocycles. The Morgan fingerprint density at radius 3 is 2.80 bits per heavy atom. The largest absolute Gasteiger partial charge is 0.506 e. The third-order valence-corrected chi connectivity index (χ3v) is 7.65. The molecule has 4 N–H and O–H groups in total. The Kier molecular flexibility index (Phi) is 6.40. The summed E-state index contributed by atoms with van der Waals surface area (Å²) in [5.41, 5.74) is 6.16. The van der Waals surface area contributed by atoms with Gasteiger partial charge in [0.1, 0.15) is 23.8 Å². The van der Waals surface area contributed by atoms with Gasteiger partial charge in [-0.1, -0.05) is 23.2 Å². The zero-order chi connectivity index (χ0) is 28.3. The zero-order valence-electron chi connectivity index (χ0n) is 21.1. The van der Waals surface area contributed by atoms with Crippen molar-refractivity contribution >= 4 is 57.6 Å². The number of anilines is 2. The van der Waals surface area contributed by atoms with E-state index in [0.717, 1.165) is 6.42 Å². The van der Waals surface area contributed by atoms with Crippen molar-refractivity contribution in [3.63, 3.8) is 0 Å². The van der Waals surface area contributed by atoms with Crippen LogP contribution in [-0.4, -0.2) is 61.3 Å². The fourth-order valence-electron chi connectivity index (χ4n) is 4.99. The van der Waals surface area contributed by atoms with Crippen LogP contribution in [0, 0.1) is 0 Å². The molecule has 0 radical (unpaired) electrons. The molecule has 1 aliphatic carbocycles. The van der Waals surface area contributed by atoms with Crippen LogP contribution in [0.1, 0.15) is 16.8 Å². The molecule has 6 rings (SSSR count). The lowest BCUT2D eigenvalue weighted by Crippen LogP contribution is -2.37. The van der Waals surface area contributed by atoms with Crippen molar-refractivity contribution in [1.29, 1.82) is 0 Å². The average molecular weight is 584 g/mol. The van der Waals surface area contributed by atoms with Crippen molar-refractivity contribution in [2.75, 3.05) is 23.4 Å². The van der Waals surface area contributed by atoms with E-state index in [1.807, 2.05) is 0 Å². The van der Waals surface area contributed by atoms with Gasteiger partial charge in [0.2, 0.25) is 5.91 Å². The third kappa shape index (κ3) is 4.53. The predicted molar refractivity (Wildman–Crippen MR) is 149 cm³/mol. The minimum atomic E-state index is -0.890. The number of aromatic hydroxyl groups is 1. The minimum Gasteiger partial charge on any atom is -0.506 e. The Hall–Kier alpha value is -4.13. The lowest BCUT2D eigenvalue weighted by atomic mass is 10.0. The number of pyridine rings is 1. The van der Waals surface area contributed by atoms with Gasteiger partial charge in [0.05, 0.1) is 58.0 Å². The zero-order valence-corrected chi connectivity index (χ0v) is 22.6. The number of halogens is 2. The number of aryl methyl sites for hydroxylation is 1. The van der Waals surface area contributed by atoms with Crippen molar-refractivity contribution < 1.29 is 19.4 Å². The smallest absolute Gasteiger partial charge is 0.263 e. The fraction of sp³-hybridized carbons (Fsp3) is 0.269. The molecule has 4 aromatic rings. The van der Waals surface area contributed by atoms with Crippen molar-refractivity contribution in [2.24, 2.45) is 12.8 Å². The molecule has 12 nitrogen and oxygen atoms in total. The summed E-state index contributed by atoms with van der Waals surface area (Å²) in [7, 11) is 1.54. The van der Waals surface area contributed by atoms with Gasteiger partial charge < -0.3 is 34.9 Å². The molecule has 4 heterocycles. The normalized spacial score (nSPS) is 18.0. The monoisotopic (exact) mass is 583 g/mol. The highest BCUT2D eigenvalue weighted by atomic mass is 35.5. The van der Waals surface area contributed by atoms with Crippen LogP contribution in [0.2, 0.25) is 10.0 Å². The number of nitrogens with two attached hydrogens (primary N) is 1. The molecular formula is C26H23Cl2N7O5. The Labute approximate surface area is 236 Å². The first kappa shape index (κ1) is 26.1. The van der Waals surface area contributed by atoms with E-state index in [-0.39, 0.29) is 50.9 Å². The van der Waals surface area contributed by atoms with Gasteiger partial charge >= 0.3 is 0 Å². The van der Waals surface area contributed by atoms with Crippen LogP contribution >= 0.6 is 23.2 Å². The fourth-order valence-corrected chi connectivity index (χ4v) is 5.36. The van der Waals surface area contributed by atoms with E-state index in [9.17, 15) is 19.5 Å². The first-order chi connectivity index (χ1) is 19.1. The first-order valence-electron chi connectivity index (χ1n) is 12.3. The number of nitrogens with zero attached hydrogens (tertiary/aromatic N) is 5. The predicted octanol–water partition coefficient (Wildman–Crippen LogP) is 2.52. The molecule has 3 aromatic heterocycles. The SMILES string of the molecule is Cn1cnc2c(c(-c3cc(Cl)c(O)c(C(N)=O)c3)cn2CC(=O)Nc2cc(N3CCOC4CC43)ncc2Cl)c1=O. The van der Waals surface area contributed by atoms with Crippen molar-refractivity contribution in [3.8, 4) is 16.9 Å². The minimum absolute atomic E-state index is 0.119. The molecule has 0 spiro atoms. The lowest BCUT2D eigenvalue weighted by Gasteiger charge is -2.28. The number of carbonyl (C=O) groups is 2. The van der Waals surface area contributed by atoms with E-state index in [0.29, 0.717) is 35.8 Å². The summed E-state index contributed by atoms with van der Waals surface area (Å²) in [4.78, 5) is 49.2. The maximum atomic E-state index is 13.2. The molecule has 1 saturated heterocycles. The second-order valence-corrected chi connectivity index (χ2v) is 10.5. The lowest BCUT2D eigenvalue weighted by molar-refractivity contribution is -0.116. The number of primary amides is 1. The molecule has 2 atom stereocenters. The van der Waals surface area contributed by atoms with Gasteiger partial charge in [-0.25, -0.2) is 9.97 Å². The van der Waals surface area contributed by atoms with Crippen LogP contribution in [0.5, 0.6) is 5.75 Å². The van der Waals surface area contributed by atoms with Crippen molar-refractivity contribution in [2.45, 2.75) is 25.1 Å². The topological polar surface area (TPSA) is 158 Å². The number of hydrogen-bond acceptors (Lipinski definition) is 8. The molecule has 2 aliphatic rings. The number of nitrogens with one attached hydrogen (secondary N) is 1. The van der Waals surface area contributed by atoms with Gasteiger partial charge in [0, 0.05) is 31.4 Å². The van der Waals surface area contributed by atoms with Crippen molar-refractivity contribution in [1.82, 2.24) is 19.1 Å². The average Bonchev–Trinajstić information content (AvgIpc) is 3.63. The quantitative estimate of drug-likeness (QED) is 0.312. The maximum absolute atomic E-state index is 13.2. The molecule has 1 saturated carbocycles. The summed E-state index contributed by atoms with van der Waals surface area (Å²) in [5.74, 6) is -1.07. The number of fused-ring (bicyclic) bond motifs is 2. The standard InChI is InChI=1S/C26H23Cl2N7O5/c1-33-11-31-25-22(26(33)39)14(12-4-13(24(29)38)23(37)15(27)5-12)9-34(25)10-21(36)32-17-6-20(30-8-16(17)28)35-2-3-40-19-7-18(19)35/h4-6,8-9,11,18-19,37H,2-3,7,10H2,1H3,(H2,29,38)(H,30,32,36). The molecular weight excluding hydrogens is 561 g/mol. The van der Waals surface area contributed by atoms with E-state index >= 15 is 0 Å². The molecule has 2 amide bonds. The van der Waals surface area contributed by atoms with Crippen LogP contribution in [-0.2, 0) is 23.1 Å². The summed E-state index contributed by atoms with van der Waals surface area (Å²) in [6, 6.07) is 4.75. The van der Waals surface area contributed by atoms with Gasteiger partial charge in [0.25, 0.3) is 11.5 Å². The van der Waals surface area contributed by atoms with Crippen molar-refractivity contribution in [3.05, 3.63) is 62.9 Å². The number of amides is 2. The number of morpholine rings is 1. The summed E-state index contributed by atoms with van der Waals surface area (Å²) >= 11 is 12.5. The number of benzene rings is 1. The number of rotatable bonds is 6. The van der Waals surface area contributed by atoms with Gasteiger partial charge in [-0.15, -0.1) is 0 Å². The highest BCUT2D eigenvalue weighted by Crippen LogP contribution is 2.39. The summed E-state index contributed by atoms with van der Waals surface area (Å²) in [6.07, 6.45) is 5.56. The first-order valence-corrected chi connectivity index (χ1v) is 13.1. The van der Waals surface area contributed by atoms with Crippen LogP contribution in [0.4, 0.5) is 11.5 Å². The van der Waals surface area contributed by atoms with Gasteiger partial charge in [-0.2, -0.15) is 0 Å². The summed E-state index contributed by atoms with van der Waals surface area (Å²) in [5, 5.41) is 13.4. The molecule has 14 heteroatoms. The molecule has 0 bridgehead atoms. The van der Waals surface area contributed by atoms with E-state index in [4.69, 9.17) is 33.7 Å². The van der Waals surface area contributed by atoms with Gasteiger partial charge in [-0.3, -0.25) is 14.4 Å². The molecule has 2 fully saturated rings. The molecule has 2 unspecified atom stereocenters. The Balaban J connectivity index is 1.34. The van der Waals surface area contributed by atoms with Crippen LogP contribution in [0.3, 0.4) is 0 Å². The Morgan fingerprint density at radius 2 is 2.02 bits per heavy atom. The Bertz CT molecular complexity index is 1770. The highest BCUT2D eigenvalue weighted by Gasteiger charge is 2.46. The van der Waals surface area contributed by atoms with E-state index in [2.05, 4.69) is 20.2 Å². The van der Waals surface area contributed by atoms with Gasteiger partial charge in [0.15, 0.2) is 0 Å². The van der Waals surface area contributed by atoms with Gasteiger partial charge in [-0.05, 0) is 24.1 Å². The summed E-state index contributed by atoms with van der Waals surface area (Å²) in [6.45, 7) is 1.10. The summed E-state index contributed by atoms with van der Waals surface area (Å²) < 4.78 is 8.47. The Morgan fingerprint density at radius 1 is 1.23 bits per heavy atom. The second-order valence-electron chi connectivity index (χ2n) is 9.72. The highest BCUT2D eigenvalue weighted by molar-refractivity contribution is 6.34. The molecule has 1 aromatic carbocycles. The van der Waals surface area contributed by atoms with E-state index in [1.165, 1.54) is 33.8 Å². The number of phenols is 1. The van der Waals surface area contributed by atoms with E-state index < -0.39 is 17.6 Å². The second kappa shape index (κ2) is 9.81. The number of carbonyl (C=O) groups excluding carboxylic acids is 2. The van der Waals surface area contributed by atoms with Crippen LogP contribution in [0.25, 0.3) is 22.2 Å². The van der Waals surface area contributed by atoms with Crippen LogP contribution in [0.15, 0.2) is 41.7 Å². The number of hydrogen-bond donors (Lipinski definition) is 3. The van der Waals surface area contributed by atoms with E-state index in [1.54, 1.807) is 19.3 Å². The van der Waals surface area contributed by atoms with Crippen LogP contribution < -0.4 is 21.5 Å².